The maximum absolute atomic E-state index is 15.0. The highest BCUT2D eigenvalue weighted by molar-refractivity contribution is 6.34. The number of likely N-dealkylation sites (tertiary alicyclic amines) is 1. The molecular weight excluding hydrogens is 630 g/mol. The van der Waals surface area contributed by atoms with E-state index in [-0.39, 0.29) is 19.0 Å². The van der Waals surface area contributed by atoms with Crippen molar-refractivity contribution in [3.05, 3.63) is 114 Å². The van der Waals surface area contributed by atoms with Crippen LogP contribution in [0.4, 0.5) is 11.4 Å². The van der Waals surface area contributed by atoms with E-state index in [4.69, 9.17) is 21.1 Å². The van der Waals surface area contributed by atoms with Crippen LogP contribution in [0.3, 0.4) is 0 Å². The number of fused-ring (bicyclic) bond motifs is 2. The van der Waals surface area contributed by atoms with Crippen molar-refractivity contribution in [2.24, 2.45) is 11.8 Å². The van der Waals surface area contributed by atoms with Crippen molar-refractivity contribution < 1.29 is 29.0 Å². The zero-order valence-electron chi connectivity index (χ0n) is 26.9. The quantitative estimate of drug-likeness (QED) is 0.346. The van der Waals surface area contributed by atoms with E-state index in [1.807, 2.05) is 86.7 Å². The second kappa shape index (κ2) is 12.5. The molecule has 0 saturated carbocycles. The van der Waals surface area contributed by atoms with E-state index in [9.17, 15) is 14.7 Å². The van der Waals surface area contributed by atoms with Gasteiger partial charge in [-0.05, 0) is 62.2 Å². The van der Waals surface area contributed by atoms with E-state index in [1.165, 1.54) is 4.90 Å². The van der Waals surface area contributed by atoms with Crippen LogP contribution in [-0.2, 0) is 25.5 Å². The number of para-hydroxylation sites is 1. The van der Waals surface area contributed by atoms with Gasteiger partial charge in [0.05, 0.1) is 47.4 Å². The number of benzene rings is 3. The SMILES string of the molecule is CCOc1ccc(N2CC=C[C@]3(C)O[C@]45C=CCN(c6ccccc6Cl)C(=O)C4N([C@@H](CO)Cc4ccccc4)C(=O)[C@@H]5[C@@H]3C2=O)cc1. The maximum atomic E-state index is 15.0. The molecule has 10 heteroatoms. The smallest absolute Gasteiger partial charge is 0.253 e. The van der Waals surface area contributed by atoms with Gasteiger partial charge in [-0.25, -0.2) is 0 Å². The lowest BCUT2D eigenvalue weighted by Crippen LogP contribution is -2.59. The summed E-state index contributed by atoms with van der Waals surface area (Å²) in [5, 5.41) is 11.2. The third kappa shape index (κ3) is 5.12. The predicted molar refractivity (Wildman–Crippen MR) is 183 cm³/mol. The minimum absolute atomic E-state index is 0.185. The normalized spacial score (nSPS) is 28.5. The molecule has 0 aromatic heterocycles. The number of halogens is 1. The molecule has 3 aromatic rings. The summed E-state index contributed by atoms with van der Waals surface area (Å²) >= 11 is 6.61. The summed E-state index contributed by atoms with van der Waals surface area (Å²) in [6.07, 6.45) is 7.67. The van der Waals surface area contributed by atoms with Gasteiger partial charge in [0.2, 0.25) is 11.8 Å². The van der Waals surface area contributed by atoms with Crippen LogP contribution in [0, 0.1) is 11.8 Å². The first-order chi connectivity index (χ1) is 23.2. The maximum Gasteiger partial charge on any atom is 0.253 e. The molecule has 6 atom stereocenters. The van der Waals surface area contributed by atoms with Crippen molar-refractivity contribution in [1.29, 1.82) is 0 Å². The minimum atomic E-state index is -1.49. The van der Waals surface area contributed by atoms with Crippen LogP contribution in [0.5, 0.6) is 5.75 Å². The van der Waals surface area contributed by atoms with Crippen LogP contribution in [0.15, 0.2) is 103 Å². The van der Waals surface area contributed by atoms with Crippen molar-refractivity contribution >= 4 is 40.7 Å². The Labute approximate surface area is 285 Å². The third-order valence-electron chi connectivity index (χ3n) is 10.0. The highest BCUT2D eigenvalue weighted by Crippen LogP contribution is 2.58. The fourth-order valence-electron chi connectivity index (χ4n) is 8.00. The summed E-state index contributed by atoms with van der Waals surface area (Å²) in [5.41, 5.74) is -0.625. The molecule has 4 aliphatic heterocycles. The van der Waals surface area contributed by atoms with E-state index >= 15 is 4.79 Å². The van der Waals surface area contributed by atoms with E-state index in [1.54, 1.807) is 40.1 Å². The van der Waals surface area contributed by atoms with Gasteiger partial charge < -0.3 is 29.3 Å². The van der Waals surface area contributed by atoms with Gasteiger partial charge in [0.25, 0.3) is 5.91 Å². The summed E-state index contributed by atoms with van der Waals surface area (Å²) < 4.78 is 12.6. The van der Waals surface area contributed by atoms with Crippen molar-refractivity contribution in [2.75, 3.05) is 36.1 Å². The first-order valence-electron chi connectivity index (χ1n) is 16.3. The number of carbonyl (C=O) groups excluding carboxylic acids is 3. The fraction of sp³-hybridized carbons (Fsp3) is 0.342. The summed E-state index contributed by atoms with van der Waals surface area (Å²) in [6.45, 7) is 4.32. The molecule has 1 unspecified atom stereocenters. The first-order valence-corrected chi connectivity index (χ1v) is 16.7. The monoisotopic (exact) mass is 667 g/mol. The van der Waals surface area contributed by atoms with Gasteiger partial charge in [0.1, 0.15) is 17.4 Å². The molecule has 1 N–H and O–H groups in total. The number of anilines is 2. The molecule has 4 aliphatic rings. The van der Waals surface area contributed by atoms with Crippen LogP contribution >= 0.6 is 11.6 Å². The van der Waals surface area contributed by atoms with Gasteiger partial charge in [-0.3, -0.25) is 14.4 Å². The Morgan fingerprint density at radius 3 is 2.27 bits per heavy atom. The summed E-state index contributed by atoms with van der Waals surface area (Å²) in [6, 6.07) is 22.0. The van der Waals surface area contributed by atoms with Crippen LogP contribution in [0.2, 0.25) is 5.02 Å². The van der Waals surface area contributed by atoms with Crippen LogP contribution < -0.4 is 14.5 Å². The largest absolute Gasteiger partial charge is 0.494 e. The van der Waals surface area contributed by atoms with Gasteiger partial charge in [-0.1, -0.05) is 78.4 Å². The van der Waals surface area contributed by atoms with Crippen molar-refractivity contribution in [3.63, 3.8) is 0 Å². The number of hydrogen-bond donors (Lipinski definition) is 1. The number of carbonyl (C=O) groups is 3. The van der Waals surface area contributed by atoms with Crippen LogP contribution in [0.25, 0.3) is 0 Å². The topological polar surface area (TPSA) is 99.6 Å². The molecule has 7 rings (SSSR count). The Morgan fingerprint density at radius 2 is 1.56 bits per heavy atom. The predicted octanol–water partition coefficient (Wildman–Crippen LogP) is 4.82. The standard InChI is InChI=1S/C38H38ClN3O6/c1-3-47-28-17-15-26(16-18-28)40-21-9-19-37(2)31(34(40)44)32-35(45)42(27(24-43)23-25-11-5-4-6-12-25)33-36(46)41(22-10-20-38(32,33)48-37)30-14-8-7-13-29(30)39/h4-20,27,31-33,43H,3,21-24H2,1-2H3/t27-,31-,32+,33?,37+,38+/m1/s1. The lowest BCUT2D eigenvalue weighted by Gasteiger charge is -2.40. The first kappa shape index (κ1) is 32.1. The van der Waals surface area contributed by atoms with E-state index in [2.05, 4.69) is 0 Å². The van der Waals surface area contributed by atoms with E-state index < -0.39 is 53.5 Å². The van der Waals surface area contributed by atoms with Gasteiger partial charge in [-0.2, -0.15) is 0 Å². The molecular formula is C38H38ClN3O6. The van der Waals surface area contributed by atoms with Gasteiger partial charge in [0.15, 0.2) is 0 Å². The highest BCUT2D eigenvalue weighted by atomic mass is 35.5. The Morgan fingerprint density at radius 1 is 0.875 bits per heavy atom. The number of rotatable bonds is 8. The number of amides is 3. The molecule has 2 fully saturated rings. The molecule has 3 aromatic carbocycles. The second-order valence-electron chi connectivity index (χ2n) is 12.8. The summed E-state index contributed by atoms with van der Waals surface area (Å²) in [5.74, 6) is -2.38. The Bertz CT molecular complexity index is 1780. The van der Waals surface area contributed by atoms with E-state index in [0.29, 0.717) is 35.2 Å². The number of aliphatic hydroxyl groups is 1. The molecule has 248 valence electrons. The molecule has 48 heavy (non-hydrogen) atoms. The van der Waals surface area contributed by atoms with Crippen molar-refractivity contribution in [1.82, 2.24) is 4.90 Å². The molecule has 9 nitrogen and oxygen atoms in total. The molecule has 0 aliphatic carbocycles. The summed E-state index contributed by atoms with van der Waals surface area (Å²) in [4.78, 5) is 49.4. The highest BCUT2D eigenvalue weighted by Gasteiger charge is 2.75. The number of nitrogens with zero attached hydrogens (tertiary/aromatic N) is 3. The van der Waals surface area contributed by atoms with E-state index in [0.717, 1.165) is 5.56 Å². The molecule has 0 bridgehead atoms. The lowest BCUT2D eigenvalue weighted by atomic mass is 9.74. The van der Waals surface area contributed by atoms with Gasteiger partial charge >= 0.3 is 0 Å². The molecule has 0 radical (unpaired) electrons. The summed E-state index contributed by atoms with van der Waals surface area (Å²) in [7, 11) is 0. The van der Waals surface area contributed by atoms with Gasteiger partial charge in [-0.15, -0.1) is 0 Å². The lowest BCUT2D eigenvalue weighted by molar-refractivity contribution is -0.147. The zero-order valence-corrected chi connectivity index (χ0v) is 27.6. The van der Waals surface area contributed by atoms with Crippen LogP contribution in [-0.4, -0.2) is 77.3 Å². The molecule has 2 saturated heterocycles. The number of hydrogen-bond acceptors (Lipinski definition) is 6. The minimum Gasteiger partial charge on any atom is -0.494 e. The Hall–Kier alpha value is -4.44. The Kier molecular flexibility index (Phi) is 8.39. The zero-order chi connectivity index (χ0) is 33.6. The fourth-order valence-corrected chi connectivity index (χ4v) is 8.24. The average molecular weight is 668 g/mol. The van der Waals surface area contributed by atoms with Crippen molar-refractivity contribution in [3.8, 4) is 5.75 Å². The Balaban J connectivity index is 1.35. The van der Waals surface area contributed by atoms with Crippen molar-refractivity contribution in [2.45, 2.75) is 43.6 Å². The second-order valence-corrected chi connectivity index (χ2v) is 13.3. The average Bonchev–Trinajstić information content (AvgIpc) is 3.36. The third-order valence-corrected chi connectivity index (χ3v) is 10.3. The molecule has 4 heterocycles. The number of ether oxygens (including phenoxy) is 2. The molecule has 1 spiro atoms. The number of aliphatic hydroxyl groups excluding tert-OH is 1. The van der Waals surface area contributed by atoms with Crippen LogP contribution in [0.1, 0.15) is 19.4 Å². The molecule has 3 amide bonds. The van der Waals surface area contributed by atoms with Gasteiger partial charge in [0, 0.05) is 18.8 Å².